The third-order valence-corrected chi connectivity index (χ3v) is 8.04. The van der Waals surface area contributed by atoms with E-state index in [4.69, 9.17) is 0 Å². The molecular weight excluding hydrogens is 402 g/mol. The van der Waals surface area contributed by atoms with Gasteiger partial charge in [0.25, 0.3) is 5.91 Å². The molecule has 2 rings (SSSR count). The van der Waals surface area contributed by atoms with Gasteiger partial charge in [0.2, 0.25) is 15.9 Å². The van der Waals surface area contributed by atoms with E-state index < -0.39 is 10.0 Å². The molecule has 1 saturated heterocycles. The number of benzene rings is 1. The second-order valence-electron chi connectivity index (χ2n) is 8.75. The summed E-state index contributed by atoms with van der Waals surface area (Å²) in [6.07, 6.45) is 1.22. The molecule has 0 aromatic heterocycles. The Balaban J connectivity index is 2.05. The quantitative estimate of drug-likeness (QED) is 0.711. The van der Waals surface area contributed by atoms with E-state index in [1.807, 2.05) is 6.92 Å². The molecule has 7 nitrogen and oxygen atoms in total. The summed E-state index contributed by atoms with van der Waals surface area (Å²) >= 11 is 0. The SMILES string of the molecule is CC(C)C(C)NC(=O)C1CCN(C(=O)c2cccc(S(=O)(=O)N(C)C(C)C)c2)CC1. The van der Waals surface area contributed by atoms with Crippen molar-refractivity contribution in [3.05, 3.63) is 29.8 Å². The van der Waals surface area contributed by atoms with Crippen LogP contribution in [-0.4, -0.2) is 61.7 Å². The summed E-state index contributed by atoms with van der Waals surface area (Å²) in [6, 6.07) is 6.13. The van der Waals surface area contributed by atoms with Crippen molar-refractivity contribution < 1.29 is 18.0 Å². The lowest BCUT2D eigenvalue weighted by Crippen LogP contribution is -2.45. The summed E-state index contributed by atoms with van der Waals surface area (Å²) in [7, 11) is -2.12. The fraction of sp³-hybridized carbons (Fsp3) is 0.636. The normalized spacial score (nSPS) is 16.9. The Hall–Kier alpha value is -1.93. The molecule has 1 N–H and O–H groups in total. The Morgan fingerprint density at radius 1 is 1.10 bits per heavy atom. The fourth-order valence-electron chi connectivity index (χ4n) is 3.27. The summed E-state index contributed by atoms with van der Waals surface area (Å²) in [5, 5.41) is 3.05. The third-order valence-electron chi connectivity index (χ3n) is 6.01. The lowest BCUT2D eigenvalue weighted by Gasteiger charge is -2.32. The van der Waals surface area contributed by atoms with Crippen LogP contribution in [0.4, 0.5) is 0 Å². The minimum Gasteiger partial charge on any atom is -0.353 e. The molecule has 0 saturated carbocycles. The molecule has 1 unspecified atom stereocenters. The van der Waals surface area contributed by atoms with Crippen LogP contribution < -0.4 is 5.32 Å². The number of hydrogen-bond donors (Lipinski definition) is 1. The smallest absolute Gasteiger partial charge is 0.253 e. The Labute approximate surface area is 180 Å². The van der Waals surface area contributed by atoms with E-state index in [-0.39, 0.29) is 34.7 Å². The molecule has 1 aliphatic heterocycles. The van der Waals surface area contributed by atoms with Crippen molar-refractivity contribution in [3.8, 4) is 0 Å². The van der Waals surface area contributed by atoms with Crippen LogP contribution in [0.2, 0.25) is 0 Å². The average molecular weight is 438 g/mol. The number of carbonyl (C=O) groups excluding carboxylic acids is 2. The summed E-state index contributed by atoms with van der Waals surface area (Å²) in [4.78, 5) is 27.2. The first-order valence-electron chi connectivity index (χ1n) is 10.6. The van der Waals surface area contributed by atoms with Crippen LogP contribution in [0.3, 0.4) is 0 Å². The van der Waals surface area contributed by atoms with Gasteiger partial charge in [-0.1, -0.05) is 19.9 Å². The highest BCUT2D eigenvalue weighted by Crippen LogP contribution is 2.22. The van der Waals surface area contributed by atoms with Gasteiger partial charge in [-0.15, -0.1) is 0 Å². The average Bonchev–Trinajstić information content (AvgIpc) is 2.72. The molecule has 1 aromatic rings. The van der Waals surface area contributed by atoms with E-state index >= 15 is 0 Å². The zero-order chi connectivity index (χ0) is 22.6. The van der Waals surface area contributed by atoms with Gasteiger partial charge < -0.3 is 10.2 Å². The van der Waals surface area contributed by atoms with Gasteiger partial charge in [0.15, 0.2) is 0 Å². The van der Waals surface area contributed by atoms with Gasteiger partial charge in [-0.05, 0) is 57.7 Å². The van der Waals surface area contributed by atoms with E-state index in [1.165, 1.54) is 23.5 Å². The van der Waals surface area contributed by atoms with Crippen molar-refractivity contribution in [3.63, 3.8) is 0 Å². The maximum Gasteiger partial charge on any atom is 0.253 e. The Morgan fingerprint density at radius 3 is 2.23 bits per heavy atom. The largest absolute Gasteiger partial charge is 0.353 e. The highest BCUT2D eigenvalue weighted by atomic mass is 32.2. The van der Waals surface area contributed by atoms with Gasteiger partial charge in [-0.3, -0.25) is 9.59 Å². The molecule has 1 aliphatic rings. The van der Waals surface area contributed by atoms with Crippen LogP contribution in [0.5, 0.6) is 0 Å². The Bertz CT molecular complexity index is 859. The molecule has 1 fully saturated rings. The van der Waals surface area contributed by atoms with Gasteiger partial charge in [0.1, 0.15) is 0 Å². The predicted octanol–water partition coefficient (Wildman–Crippen LogP) is 2.73. The second-order valence-corrected chi connectivity index (χ2v) is 10.7. The number of sulfonamides is 1. The number of piperidine rings is 1. The minimum atomic E-state index is -3.65. The summed E-state index contributed by atoms with van der Waals surface area (Å²) in [5.41, 5.74) is 0.351. The zero-order valence-electron chi connectivity index (χ0n) is 18.9. The van der Waals surface area contributed by atoms with Crippen LogP contribution in [0.25, 0.3) is 0 Å². The molecular formula is C22H35N3O4S. The van der Waals surface area contributed by atoms with E-state index in [9.17, 15) is 18.0 Å². The molecule has 1 atom stereocenters. The predicted molar refractivity (Wildman–Crippen MR) is 118 cm³/mol. The lowest BCUT2D eigenvalue weighted by molar-refractivity contribution is -0.127. The first-order chi connectivity index (χ1) is 13.9. The van der Waals surface area contributed by atoms with E-state index in [0.29, 0.717) is 37.4 Å². The van der Waals surface area contributed by atoms with E-state index in [2.05, 4.69) is 19.2 Å². The van der Waals surface area contributed by atoms with Gasteiger partial charge >= 0.3 is 0 Å². The highest BCUT2D eigenvalue weighted by Gasteiger charge is 2.30. The molecule has 0 spiro atoms. The molecule has 30 heavy (non-hydrogen) atoms. The highest BCUT2D eigenvalue weighted by molar-refractivity contribution is 7.89. The van der Waals surface area contributed by atoms with Gasteiger partial charge in [-0.2, -0.15) is 4.31 Å². The second kappa shape index (κ2) is 9.92. The standard InChI is InChI=1S/C22H35N3O4S/c1-15(2)17(5)23-21(26)18-10-12-25(13-11-18)22(27)19-8-7-9-20(14-19)30(28,29)24(6)16(3)4/h7-9,14-18H,10-13H2,1-6H3,(H,23,26). The van der Waals surface area contributed by atoms with Gasteiger partial charge in [-0.25, -0.2) is 8.42 Å². The summed E-state index contributed by atoms with van der Waals surface area (Å²) in [5.74, 6) is 0.123. The minimum absolute atomic E-state index is 0.0492. The van der Waals surface area contributed by atoms with Gasteiger partial charge in [0.05, 0.1) is 4.90 Å². The molecule has 0 bridgehead atoms. The maximum absolute atomic E-state index is 12.9. The number of nitrogens with one attached hydrogen (secondary N) is 1. The zero-order valence-corrected chi connectivity index (χ0v) is 19.7. The van der Waals surface area contributed by atoms with Crippen molar-refractivity contribution in [2.75, 3.05) is 20.1 Å². The Morgan fingerprint density at radius 2 is 1.70 bits per heavy atom. The summed E-state index contributed by atoms with van der Waals surface area (Å²) in [6.45, 7) is 10.7. The molecule has 0 radical (unpaired) electrons. The maximum atomic E-state index is 12.9. The molecule has 168 valence electrons. The molecule has 2 amide bonds. The number of nitrogens with zero attached hydrogens (tertiary/aromatic N) is 2. The monoisotopic (exact) mass is 437 g/mol. The van der Waals surface area contributed by atoms with E-state index in [0.717, 1.165) is 0 Å². The first kappa shape index (κ1) is 24.3. The number of hydrogen-bond acceptors (Lipinski definition) is 4. The van der Waals surface area contributed by atoms with Crippen molar-refractivity contribution in [2.24, 2.45) is 11.8 Å². The number of carbonyl (C=O) groups is 2. The number of likely N-dealkylation sites (tertiary alicyclic amines) is 1. The molecule has 1 aromatic carbocycles. The van der Waals surface area contributed by atoms with Gasteiger partial charge in [0, 0.05) is 43.7 Å². The van der Waals surface area contributed by atoms with Crippen LogP contribution in [0, 0.1) is 11.8 Å². The number of rotatable bonds is 7. The molecule has 0 aliphatic carbocycles. The first-order valence-corrected chi connectivity index (χ1v) is 12.1. The summed E-state index contributed by atoms with van der Waals surface area (Å²) < 4.78 is 26.8. The molecule has 1 heterocycles. The van der Waals surface area contributed by atoms with Crippen molar-refractivity contribution in [1.82, 2.24) is 14.5 Å². The van der Waals surface area contributed by atoms with Crippen LogP contribution in [0.1, 0.15) is 57.8 Å². The van der Waals surface area contributed by atoms with E-state index in [1.54, 1.807) is 30.9 Å². The lowest BCUT2D eigenvalue weighted by atomic mass is 9.94. The van der Waals surface area contributed by atoms with Crippen molar-refractivity contribution in [1.29, 1.82) is 0 Å². The van der Waals surface area contributed by atoms with Crippen LogP contribution >= 0.6 is 0 Å². The van der Waals surface area contributed by atoms with Crippen LogP contribution in [-0.2, 0) is 14.8 Å². The number of amides is 2. The van der Waals surface area contributed by atoms with Crippen molar-refractivity contribution in [2.45, 2.75) is 64.4 Å². The van der Waals surface area contributed by atoms with Crippen molar-refractivity contribution >= 4 is 21.8 Å². The topological polar surface area (TPSA) is 86.8 Å². The van der Waals surface area contributed by atoms with Crippen LogP contribution in [0.15, 0.2) is 29.2 Å². The molecule has 8 heteroatoms. The Kier molecular flexibility index (Phi) is 8.05. The fourth-order valence-corrected chi connectivity index (χ4v) is 4.68. The third kappa shape index (κ3) is 5.60.